The van der Waals surface area contributed by atoms with Crippen LogP contribution in [0, 0.1) is 17.5 Å². The summed E-state index contributed by atoms with van der Waals surface area (Å²) in [5.74, 6) is -2.11. The lowest BCUT2D eigenvalue weighted by Gasteiger charge is -2.14. The number of nitrogens with two attached hydrogens (primary N) is 1. The van der Waals surface area contributed by atoms with E-state index in [4.69, 9.17) is 10.5 Å². The van der Waals surface area contributed by atoms with Crippen molar-refractivity contribution in [1.29, 1.82) is 0 Å². The van der Waals surface area contributed by atoms with Crippen molar-refractivity contribution >= 4 is 0 Å². The molecular formula is C16H16F3NO. The van der Waals surface area contributed by atoms with E-state index in [1.807, 2.05) is 12.1 Å². The van der Waals surface area contributed by atoms with Gasteiger partial charge in [0, 0.05) is 23.7 Å². The fraction of sp³-hybridized carbons (Fsp3) is 0.250. The molecule has 0 bridgehead atoms. The summed E-state index contributed by atoms with van der Waals surface area (Å²) < 4.78 is 45.1. The summed E-state index contributed by atoms with van der Waals surface area (Å²) in [4.78, 5) is 0. The van der Waals surface area contributed by atoms with Crippen LogP contribution in [0.1, 0.15) is 23.6 Å². The molecule has 2 N–H and O–H groups in total. The highest BCUT2D eigenvalue weighted by molar-refractivity contribution is 5.28. The largest absolute Gasteiger partial charge is 0.497 e. The Morgan fingerprint density at radius 3 is 2.14 bits per heavy atom. The van der Waals surface area contributed by atoms with Crippen LogP contribution in [0.3, 0.4) is 0 Å². The normalized spacial score (nSPS) is 12.2. The van der Waals surface area contributed by atoms with Crippen molar-refractivity contribution in [1.82, 2.24) is 0 Å². The number of hydrogen-bond donors (Lipinski definition) is 1. The van der Waals surface area contributed by atoms with Crippen molar-refractivity contribution in [2.75, 3.05) is 7.11 Å². The molecule has 0 aliphatic heterocycles. The van der Waals surface area contributed by atoms with Crippen molar-refractivity contribution in [3.63, 3.8) is 0 Å². The molecule has 0 saturated heterocycles. The van der Waals surface area contributed by atoms with Gasteiger partial charge in [0.1, 0.15) is 23.2 Å². The average Bonchev–Trinajstić information content (AvgIpc) is 2.44. The van der Waals surface area contributed by atoms with Gasteiger partial charge in [-0.25, -0.2) is 13.2 Å². The number of halogens is 3. The molecule has 2 aromatic carbocycles. The molecule has 21 heavy (non-hydrogen) atoms. The lowest BCUT2D eigenvalue weighted by Crippen LogP contribution is -2.15. The second-order valence-electron chi connectivity index (χ2n) is 4.78. The Balaban J connectivity index is 2.06. The zero-order valence-corrected chi connectivity index (χ0v) is 11.6. The predicted octanol–water partition coefficient (Wildman–Crippen LogP) is 3.75. The van der Waals surface area contributed by atoms with Crippen LogP contribution >= 0.6 is 0 Å². The minimum atomic E-state index is -0.949. The molecule has 112 valence electrons. The number of rotatable bonds is 5. The van der Waals surface area contributed by atoms with Crippen LogP contribution in [0.2, 0.25) is 0 Å². The highest BCUT2D eigenvalue weighted by Gasteiger charge is 2.18. The molecule has 1 unspecified atom stereocenters. The number of ether oxygens (including phenoxy) is 1. The van der Waals surface area contributed by atoms with Crippen LogP contribution in [-0.2, 0) is 6.42 Å². The monoisotopic (exact) mass is 295 g/mol. The third kappa shape index (κ3) is 3.76. The molecule has 0 heterocycles. The SMILES string of the molecule is COc1ccc(CCC(N)c2c(F)cc(F)cc2F)cc1. The standard InChI is InChI=1S/C16H16F3NO/c1-21-12-5-2-10(3-6-12)4-7-15(20)16-13(18)8-11(17)9-14(16)19/h2-3,5-6,8-9,15H,4,7,20H2,1H3. The molecule has 2 nitrogen and oxygen atoms in total. The third-order valence-electron chi connectivity index (χ3n) is 3.32. The molecule has 0 aliphatic rings. The average molecular weight is 295 g/mol. The number of methoxy groups -OCH3 is 1. The van der Waals surface area contributed by atoms with E-state index in [1.165, 1.54) is 0 Å². The smallest absolute Gasteiger partial charge is 0.133 e. The van der Waals surface area contributed by atoms with Crippen LogP contribution in [0.5, 0.6) is 5.75 Å². The van der Waals surface area contributed by atoms with Gasteiger partial charge >= 0.3 is 0 Å². The van der Waals surface area contributed by atoms with Gasteiger partial charge in [-0.1, -0.05) is 12.1 Å². The Morgan fingerprint density at radius 2 is 1.62 bits per heavy atom. The summed E-state index contributed by atoms with van der Waals surface area (Å²) >= 11 is 0. The molecule has 0 aromatic heterocycles. The van der Waals surface area contributed by atoms with Crippen molar-refractivity contribution in [2.45, 2.75) is 18.9 Å². The fourth-order valence-corrected chi connectivity index (χ4v) is 2.17. The summed E-state index contributed by atoms with van der Waals surface area (Å²) in [5, 5.41) is 0. The van der Waals surface area contributed by atoms with E-state index in [9.17, 15) is 13.2 Å². The predicted molar refractivity (Wildman–Crippen MR) is 74.6 cm³/mol. The molecule has 0 amide bonds. The summed E-state index contributed by atoms with van der Waals surface area (Å²) in [6, 6.07) is 7.80. The van der Waals surface area contributed by atoms with Gasteiger partial charge in [-0.15, -0.1) is 0 Å². The molecule has 2 rings (SSSR count). The van der Waals surface area contributed by atoms with Crippen molar-refractivity contribution < 1.29 is 17.9 Å². The first-order chi connectivity index (χ1) is 10.0. The van der Waals surface area contributed by atoms with E-state index in [0.29, 0.717) is 25.0 Å². The third-order valence-corrected chi connectivity index (χ3v) is 3.32. The number of hydrogen-bond acceptors (Lipinski definition) is 2. The quantitative estimate of drug-likeness (QED) is 0.912. The van der Waals surface area contributed by atoms with E-state index >= 15 is 0 Å². The lowest BCUT2D eigenvalue weighted by atomic mass is 9.98. The summed E-state index contributed by atoms with van der Waals surface area (Å²) in [6.45, 7) is 0. The molecule has 0 fully saturated rings. The Labute approximate surface area is 121 Å². The van der Waals surface area contributed by atoms with Crippen LogP contribution in [0.15, 0.2) is 36.4 Å². The van der Waals surface area contributed by atoms with Crippen molar-refractivity contribution in [2.24, 2.45) is 5.73 Å². The Bertz CT molecular complexity index is 590. The maximum absolute atomic E-state index is 13.6. The summed E-state index contributed by atoms with van der Waals surface area (Å²) in [6.07, 6.45) is 0.910. The van der Waals surface area contributed by atoms with Crippen LogP contribution in [0.25, 0.3) is 0 Å². The Hall–Kier alpha value is -2.01. The van der Waals surface area contributed by atoms with Gasteiger partial charge in [0.25, 0.3) is 0 Å². The van der Waals surface area contributed by atoms with Gasteiger partial charge in [0.2, 0.25) is 0 Å². The van der Waals surface area contributed by atoms with Crippen LogP contribution < -0.4 is 10.5 Å². The molecule has 0 saturated carbocycles. The minimum Gasteiger partial charge on any atom is -0.497 e. The number of aryl methyl sites for hydroxylation is 1. The van der Waals surface area contributed by atoms with Gasteiger partial charge in [-0.05, 0) is 30.5 Å². The van der Waals surface area contributed by atoms with E-state index in [-0.39, 0.29) is 5.56 Å². The first kappa shape index (κ1) is 15.4. The summed E-state index contributed by atoms with van der Waals surface area (Å²) in [5.41, 5.74) is 6.53. The molecule has 2 aromatic rings. The van der Waals surface area contributed by atoms with Crippen LogP contribution in [-0.4, -0.2) is 7.11 Å². The van der Waals surface area contributed by atoms with Gasteiger partial charge in [-0.2, -0.15) is 0 Å². The Kier molecular flexibility index (Phi) is 4.85. The summed E-state index contributed by atoms with van der Waals surface area (Å²) in [7, 11) is 1.57. The molecular weight excluding hydrogens is 279 g/mol. The second-order valence-corrected chi connectivity index (χ2v) is 4.78. The first-order valence-corrected chi connectivity index (χ1v) is 6.54. The van der Waals surface area contributed by atoms with E-state index in [1.54, 1.807) is 19.2 Å². The second kappa shape index (κ2) is 6.63. The van der Waals surface area contributed by atoms with Crippen molar-refractivity contribution in [3.05, 3.63) is 65.0 Å². The molecule has 5 heteroatoms. The molecule has 1 atom stereocenters. The minimum absolute atomic E-state index is 0.273. The van der Waals surface area contributed by atoms with E-state index in [0.717, 1.165) is 11.3 Å². The Morgan fingerprint density at radius 1 is 1.05 bits per heavy atom. The first-order valence-electron chi connectivity index (χ1n) is 6.54. The highest BCUT2D eigenvalue weighted by atomic mass is 19.1. The van der Waals surface area contributed by atoms with Gasteiger partial charge in [0.15, 0.2) is 0 Å². The van der Waals surface area contributed by atoms with E-state index in [2.05, 4.69) is 0 Å². The molecule has 0 spiro atoms. The maximum Gasteiger partial charge on any atom is 0.133 e. The van der Waals surface area contributed by atoms with Crippen LogP contribution in [0.4, 0.5) is 13.2 Å². The van der Waals surface area contributed by atoms with Gasteiger partial charge in [-0.3, -0.25) is 0 Å². The van der Waals surface area contributed by atoms with E-state index < -0.39 is 23.5 Å². The fourth-order valence-electron chi connectivity index (χ4n) is 2.17. The van der Waals surface area contributed by atoms with Gasteiger partial charge in [0.05, 0.1) is 7.11 Å². The van der Waals surface area contributed by atoms with Gasteiger partial charge < -0.3 is 10.5 Å². The molecule has 0 radical (unpaired) electrons. The van der Waals surface area contributed by atoms with Crippen molar-refractivity contribution in [3.8, 4) is 5.75 Å². The lowest BCUT2D eigenvalue weighted by molar-refractivity contribution is 0.414. The zero-order chi connectivity index (χ0) is 15.4. The zero-order valence-electron chi connectivity index (χ0n) is 11.6. The molecule has 0 aliphatic carbocycles. The highest BCUT2D eigenvalue weighted by Crippen LogP contribution is 2.24. The topological polar surface area (TPSA) is 35.2 Å². The number of benzene rings is 2. The maximum atomic E-state index is 13.6.